The highest BCUT2D eigenvalue weighted by Gasteiger charge is 2.38. The maximum atomic E-state index is 12.5. The van der Waals surface area contributed by atoms with Crippen molar-refractivity contribution in [3.8, 4) is 5.75 Å². The number of ether oxygens (including phenoxy) is 1. The zero-order chi connectivity index (χ0) is 23.1. The maximum Gasteiger partial charge on any atom is 0.547 e. The van der Waals surface area contributed by atoms with Crippen molar-refractivity contribution >= 4 is 19.0 Å². The number of carbonyl (C=O) groups is 2. The van der Waals surface area contributed by atoms with E-state index in [0.29, 0.717) is 31.0 Å². The number of amides is 1. The van der Waals surface area contributed by atoms with E-state index in [2.05, 4.69) is 20.7 Å². The Balaban J connectivity index is 1.59. The molecule has 2 aromatic rings. The lowest BCUT2D eigenvalue weighted by atomic mass is 9.72. The average Bonchev–Trinajstić information content (AvgIpc) is 3.19. The Morgan fingerprint density at radius 1 is 1.41 bits per heavy atom. The molecule has 1 aliphatic heterocycles. The average molecular weight is 444 g/mol. The molecule has 0 radical (unpaired) electrons. The SMILES string of the molecule is CCCCOC(=O)c1cccc2c1OB(O)[C@@H](NC(=O)Cc1nnn(CCN(C)C)n1)C2. The fourth-order valence-electron chi connectivity index (χ4n) is 3.23. The van der Waals surface area contributed by atoms with Crippen LogP contribution in [0.15, 0.2) is 18.2 Å². The van der Waals surface area contributed by atoms with Crippen LogP contribution in [0.1, 0.15) is 41.5 Å². The first-order valence-corrected chi connectivity index (χ1v) is 10.7. The highest BCUT2D eigenvalue weighted by Crippen LogP contribution is 2.30. The molecule has 12 heteroatoms. The Bertz CT molecular complexity index is 937. The summed E-state index contributed by atoms with van der Waals surface area (Å²) in [4.78, 5) is 28.3. The molecule has 1 atom stereocenters. The van der Waals surface area contributed by atoms with Gasteiger partial charge in [0.2, 0.25) is 5.91 Å². The number of benzene rings is 1. The van der Waals surface area contributed by atoms with Crippen LogP contribution >= 0.6 is 0 Å². The zero-order valence-corrected chi connectivity index (χ0v) is 18.7. The maximum absolute atomic E-state index is 12.5. The number of para-hydroxylation sites is 1. The van der Waals surface area contributed by atoms with E-state index in [0.717, 1.165) is 19.4 Å². The van der Waals surface area contributed by atoms with Crippen molar-refractivity contribution < 1.29 is 24.0 Å². The van der Waals surface area contributed by atoms with E-state index in [1.54, 1.807) is 18.2 Å². The lowest BCUT2D eigenvalue weighted by molar-refractivity contribution is -0.121. The first kappa shape index (κ1) is 23.7. The van der Waals surface area contributed by atoms with E-state index >= 15 is 0 Å². The second-order valence-corrected chi connectivity index (χ2v) is 7.95. The minimum absolute atomic E-state index is 0.0676. The molecule has 1 aliphatic rings. The van der Waals surface area contributed by atoms with Gasteiger partial charge in [0.25, 0.3) is 0 Å². The molecule has 172 valence electrons. The molecule has 3 rings (SSSR count). The number of nitrogens with one attached hydrogen (secondary N) is 1. The summed E-state index contributed by atoms with van der Waals surface area (Å²) in [7, 11) is 2.58. The number of tetrazole rings is 1. The molecule has 1 aromatic heterocycles. The predicted octanol–water partition coefficient (Wildman–Crippen LogP) is -0.126. The van der Waals surface area contributed by atoms with Crippen LogP contribution in [0, 0.1) is 0 Å². The number of hydrogen-bond donors (Lipinski definition) is 2. The molecule has 0 unspecified atom stereocenters. The van der Waals surface area contributed by atoms with Crippen LogP contribution in [0.25, 0.3) is 0 Å². The number of carbonyl (C=O) groups excluding carboxylic acids is 2. The monoisotopic (exact) mass is 444 g/mol. The van der Waals surface area contributed by atoms with Gasteiger partial charge in [-0.3, -0.25) is 4.79 Å². The predicted molar refractivity (Wildman–Crippen MR) is 116 cm³/mol. The third kappa shape index (κ3) is 6.27. The van der Waals surface area contributed by atoms with Crippen molar-refractivity contribution in [1.82, 2.24) is 30.4 Å². The van der Waals surface area contributed by atoms with E-state index in [1.807, 2.05) is 25.9 Å². The van der Waals surface area contributed by atoms with E-state index in [-0.39, 0.29) is 23.6 Å². The summed E-state index contributed by atoms with van der Waals surface area (Å²) in [6, 6.07) is 5.12. The number of fused-ring (bicyclic) bond motifs is 1. The Morgan fingerprint density at radius 3 is 2.97 bits per heavy atom. The molecular weight excluding hydrogens is 415 g/mol. The van der Waals surface area contributed by atoms with Crippen LogP contribution < -0.4 is 9.97 Å². The van der Waals surface area contributed by atoms with Crippen LogP contribution in [0.2, 0.25) is 0 Å². The second kappa shape index (κ2) is 11.0. The summed E-state index contributed by atoms with van der Waals surface area (Å²) >= 11 is 0. The molecule has 0 aliphatic carbocycles. The summed E-state index contributed by atoms with van der Waals surface area (Å²) < 4.78 is 10.9. The van der Waals surface area contributed by atoms with E-state index in [4.69, 9.17) is 9.39 Å². The topological polar surface area (TPSA) is 132 Å². The van der Waals surface area contributed by atoms with Crippen LogP contribution in [-0.2, 0) is 28.9 Å². The molecule has 11 nitrogen and oxygen atoms in total. The van der Waals surface area contributed by atoms with Gasteiger partial charge in [-0.1, -0.05) is 25.5 Å². The van der Waals surface area contributed by atoms with Crippen LogP contribution in [-0.4, -0.2) is 82.3 Å². The van der Waals surface area contributed by atoms with Gasteiger partial charge in [0, 0.05) is 6.54 Å². The molecular formula is C20H29BN6O5. The largest absolute Gasteiger partial charge is 0.547 e. The normalized spacial score (nSPS) is 15.3. The zero-order valence-electron chi connectivity index (χ0n) is 18.7. The highest BCUT2D eigenvalue weighted by molar-refractivity contribution is 6.47. The Labute approximate surface area is 187 Å². The molecule has 0 spiro atoms. The number of likely N-dealkylation sites (N-methyl/N-ethyl adjacent to an activating group) is 1. The summed E-state index contributed by atoms with van der Waals surface area (Å²) in [6.45, 7) is 3.65. The molecule has 0 saturated heterocycles. The fourth-order valence-corrected chi connectivity index (χ4v) is 3.23. The molecule has 32 heavy (non-hydrogen) atoms. The van der Waals surface area contributed by atoms with Crippen molar-refractivity contribution in [2.24, 2.45) is 0 Å². The highest BCUT2D eigenvalue weighted by atomic mass is 16.5. The molecule has 2 heterocycles. The summed E-state index contributed by atoms with van der Waals surface area (Å²) in [6.07, 6.45) is 1.93. The Kier molecular flexibility index (Phi) is 8.17. The molecule has 1 aromatic carbocycles. The summed E-state index contributed by atoms with van der Waals surface area (Å²) in [5.74, 6) is -0.940. The molecule has 0 bridgehead atoms. The number of rotatable bonds is 10. The van der Waals surface area contributed by atoms with Crippen molar-refractivity contribution in [3.63, 3.8) is 0 Å². The van der Waals surface area contributed by atoms with Gasteiger partial charge >= 0.3 is 13.1 Å². The van der Waals surface area contributed by atoms with Crippen LogP contribution in [0.5, 0.6) is 5.75 Å². The lowest BCUT2D eigenvalue weighted by Crippen LogP contribution is -2.53. The molecule has 0 saturated carbocycles. The van der Waals surface area contributed by atoms with Gasteiger partial charge in [0.05, 0.1) is 25.5 Å². The number of aromatic nitrogens is 4. The van der Waals surface area contributed by atoms with Crippen molar-refractivity contribution in [1.29, 1.82) is 0 Å². The van der Waals surface area contributed by atoms with Crippen molar-refractivity contribution in [3.05, 3.63) is 35.2 Å². The van der Waals surface area contributed by atoms with Gasteiger partial charge in [0.15, 0.2) is 5.82 Å². The summed E-state index contributed by atoms with van der Waals surface area (Å²) in [5.41, 5.74) is 0.972. The Morgan fingerprint density at radius 2 is 2.22 bits per heavy atom. The van der Waals surface area contributed by atoms with Gasteiger partial charge in [-0.2, -0.15) is 4.80 Å². The number of esters is 1. The first-order valence-electron chi connectivity index (χ1n) is 10.7. The number of unbranched alkanes of at least 4 members (excludes halogenated alkanes) is 1. The minimum atomic E-state index is -1.31. The fraction of sp³-hybridized carbons (Fsp3) is 0.550. The second-order valence-electron chi connectivity index (χ2n) is 7.95. The smallest absolute Gasteiger partial charge is 0.534 e. The molecule has 1 amide bonds. The standard InChI is InChI=1S/C20H29BN6O5/c1-4-5-11-31-20(29)15-8-6-7-14-12-16(21(30)32-19(14)15)22-18(28)13-17-23-25-27(24-17)10-9-26(2)3/h6-8,16,30H,4-5,9-13H2,1-3H3,(H,22,28)/t16-/m0/s1. The molecule has 2 N–H and O–H groups in total. The van der Waals surface area contributed by atoms with Gasteiger partial charge in [-0.25, -0.2) is 4.79 Å². The summed E-state index contributed by atoms with van der Waals surface area (Å²) in [5, 5.41) is 25.2. The number of nitrogens with zero attached hydrogens (tertiary/aromatic N) is 5. The van der Waals surface area contributed by atoms with E-state index in [9.17, 15) is 14.6 Å². The van der Waals surface area contributed by atoms with Crippen LogP contribution in [0.3, 0.4) is 0 Å². The van der Waals surface area contributed by atoms with Crippen LogP contribution in [0.4, 0.5) is 0 Å². The molecule has 0 fully saturated rings. The van der Waals surface area contributed by atoms with E-state index < -0.39 is 19.0 Å². The first-order chi connectivity index (χ1) is 15.4. The minimum Gasteiger partial charge on any atom is -0.534 e. The van der Waals surface area contributed by atoms with Gasteiger partial charge in [0.1, 0.15) is 11.3 Å². The Hall–Kier alpha value is -2.99. The number of hydrogen-bond acceptors (Lipinski definition) is 9. The van der Waals surface area contributed by atoms with Crippen molar-refractivity contribution in [2.45, 2.75) is 45.1 Å². The third-order valence-electron chi connectivity index (χ3n) is 4.98. The quantitative estimate of drug-likeness (QED) is 0.292. The van der Waals surface area contributed by atoms with Crippen molar-refractivity contribution in [2.75, 3.05) is 27.2 Å². The lowest BCUT2D eigenvalue weighted by Gasteiger charge is -2.29. The third-order valence-corrected chi connectivity index (χ3v) is 4.98. The van der Waals surface area contributed by atoms with Gasteiger partial charge in [-0.05, 0) is 43.8 Å². The van der Waals surface area contributed by atoms with E-state index in [1.165, 1.54) is 4.80 Å². The van der Waals surface area contributed by atoms with Gasteiger partial charge in [-0.15, -0.1) is 10.2 Å². The van der Waals surface area contributed by atoms with Gasteiger partial charge < -0.3 is 24.6 Å².